The van der Waals surface area contributed by atoms with E-state index < -0.39 is 40.5 Å². The van der Waals surface area contributed by atoms with Gasteiger partial charge < -0.3 is 14.4 Å². The lowest BCUT2D eigenvalue weighted by Gasteiger charge is -2.28. The van der Waals surface area contributed by atoms with Gasteiger partial charge in [0.15, 0.2) is 5.78 Å². The number of nitrogens with one attached hydrogen (secondary N) is 1. The summed E-state index contributed by atoms with van der Waals surface area (Å²) in [5.41, 5.74) is -1.03. The molecule has 0 spiro atoms. The molecular weight excluding hydrogens is 657 g/mol. The third-order valence-corrected chi connectivity index (χ3v) is 11.0. The second-order valence-electron chi connectivity index (χ2n) is 13.1. The molecule has 0 bridgehead atoms. The Labute approximate surface area is 299 Å². The third-order valence-electron chi connectivity index (χ3n) is 8.82. The molecule has 1 atom stereocenters. The van der Waals surface area contributed by atoms with Gasteiger partial charge in [-0.3, -0.25) is 29.6 Å². The first-order chi connectivity index (χ1) is 24.2. The number of unbranched alkanes of at least 4 members (excludes halogenated alkanes) is 18. The van der Waals surface area contributed by atoms with Crippen LogP contribution in [0, 0.1) is 20.2 Å². The molecule has 0 aliphatic heterocycles. The van der Waals surface area contributed by atoms with Gasteiger partial charge in [0.05, 0.1) is 34.7 Å². The summed E-state index contributed by atoms with van der Waals surface area (Å²) in [6.07, 6.45) is 22.6. The van der Waals surface area contributed by atoms with Gasteiger partial charge in [0.1, 0.15) is 0 Å². The maximum absolute atomic E-state index is 14.7. The van der Waals surface area contributed by atoms with Crippen molar-refractivity contribution in [3.05, 3.63) is 79.9 Å². The van der Waals surface area contributed by atoms with Crippen molar-refractivity contribution in [2.45, 2.75) is 148 Å². The fraction of sp³-hybridized carbons (Fsp3) is 0.658. The van der Waals surface area contributed by atoms with E-state index in [1.54, 1.807) is 30.3 Å². The van der Waals surface area contributed by atoms with Gasteiger partial charge in [-0.2, -0.15) is 0 Å². The average molecular weight is 718 g/mol. The van der Waals surface area contributed by atoms with Crippen LogP contribution >= 0.6 is 7.60 Å². The minimum atomic E-state index is -4.04. The number of non-ortho nitro benzene ring substituents is 2. The van der Waals surface area contributed by atoms with Crippen LogP contribution in [-0.2, 0) is 13.6 Å². The van der Waals surface area contributed by atoms with Gasteiger partial charge in [-0.25, -0.2) is 0 Å². The average Bonchev–Trinajstić information content (AvgIpc) is 3.11. The number of hydrogen-bond donors (Lipinski definition) is 1. The van der Waals surface area contributed by atoms with E-state index in [1.165, 1.54) is 77.0 Å². The maximum Gasteiger partial charge on any atom is 0.357 e. The van der Waals surface area contributed by atoms with Gasteiger partial charge in [0.2, 0.25) is 0 Å². The molecule has 12 heteroatoms. The number of nitro benzene ring substituents is 2. The van der Waals surface area contributed by atoms with Crippen molar-refractivity contribution < 1.29 is 28.3 Å². The Balaban J connectivity index is 2.13. The number of benzene rings is 2. The molecule has 2 aromatic carbocycles. The Bertz CT molecular complexity index is 1250. The van der Waals surface area contributed by atoms with Crippen LogP contribution in [0.3, 0.4) is 0 Å². The molecule has 1 N–H and O–H groups in total. The summed E-state index contributed by atoms with van der Waals surface area (Å²) >= 11 is 0. The minimum Gasteiger partial charge on any atom is -0.334 e. The molecule has 50 heavy (non-hydrogen) atoms. The topological polar surface area (TPSA) is 151 Å². The van der Waals surface area contributed by atoms with Crippen molar-refractivity contribution in [3.63, 3.8) is 0 Å². The first-order valence-corrected chi connectivity index (χ1v) is 20.5. The normalized spacial score (nSPS) is 12.1. The Morgan fingerprint density at radius 3 is 1.40 bits per heavy atom. The van der Waals surface area contributed by atoms with Crippen molar-refractivity contribution in [1.29, 1.82) is 0 Å². The van der Waals surface area contributed by atoms with Crippen LogP contribution in [-0.4, -0.2) is 29.0 Å². The molecule has 0 radical (unpaired) electrons. The summed E-state index contributed by atoms with van der Waals surface area (Å²) in [4.78, 5) is 34.9. The van der Waals surface area contributed by atoms with E-state index in [9.17, 15) is 29.6 Å². The zero-order chi connectivity index (χ0) is 36.5. The highest BCUT2D eigenvalue weighted by molar-refractivity contribution is 7.54. The summed E-state index contributed by atoms with van der Waals surface area (Å²) in [7, 11) is -4.04. The van der Waals surface area contributed by atoms with E-state index in [0.29, 0.717) is 18.4 Å². The molecule has 0 aliphatic carbocycles. The number of nitro groups is 2. The van der Waals surface area contributed by atoms with Crippen LogP contribution in [0.25, 0.3) is 0 Å². The minimum absolute atomic E-state index is 0.174. The SMILES string of the molecule is CCCCCCCCCCCCOP(=O)(OCCCCCCCCCCCC)C(NC(=O)c1cc([N+](=O)[O-])cc([N+](=O)[O-])c1)c1ccccc1. The van der Waals surface area contributed by atoms with E-state index in [1.807, 2.05) is 0 Å². The summed E-state index contributed by atoms with van der Waals surface area (Å²) in [5.74, 6) is -2.10. The van der Waals surface area contributed by atoms with Gasteiger partial charge in [0.25, 0.3) is 17.3 Å². The Morgan fingerprint density at radius 2 is 1.02 bits per heavy atom. The lowest BCUT2D eigenvalue weighted by Crippen LogP contribution is -2.30. The molecule has 2 aromatic rings. The Hall–Kier alpha value is -3.14. The molecule has 11 nitrogen and oxygen atoms in total. The predicted octanol–water partition coefficient (Wildman–Crippen LogP) is 12.0. The number of nitrogens with zero attached hydrogens (tertiary/aromatic N) is 2. The predicted molar refractivity (Wildman–Crippen MR) is 200 cm³/mol. The molecule has 1 unspecified atom stereocenters. The van der Waals surface area contributed by atoms with Crippen molar-refractivity contribution in [2.24, 2.45) is 0 Å². The molecule has 1 amide bonds. The molecule has 0 aliphatic rings. The van der Waals surface area contributed by atoms with Gasteiger partial charge in [0, 0.05) is 12.1 Å². The van der Waals surface area contributed by atoms with Crippen molar-refractivity contribution in [1.82, 2.24) is 5.32 Å². The molecule has 0 fully saturated rings. The van der Waals surface area contributed by atoms with E-state index in [-0.39, 0.29) is 18.8 Å². The number of carbonyl (C=O) groups excluding carboxylic acids is 1. The smallest absolute Gasteiger partial charge is 0.334 e. The monoisotopic (exact) mass is 717 g/mol. The summed E-state index contributed by atoms with van der Waals surface area (Å²) in [6, 6.07) is 11.4. The number of amides is 1. The van der Waals surface area contributed by atoms with E-state index in [2.05, 4.69) is 19.2 Å². The zero-order valence-corrected chi connectivity index (χ0v) is 31.3. The molecule has 0 saturated carbocycles. The van der Waals surface area contributed by atoms with Crippen LogP contribution in [0.2, 0.25) is 0 Å². The highest BCUT2D eigenvalue weighted by Crippen LogP contribution is 2.60. The van der Waals surface area contributed by atoms with Crippen LogP contribution in [0.15, 0.2) is 48.5 Å². The fourth-order valence-electron chi connectivity index (χ4n) is 5.87. The third kappa shape index (κ3) is 17.2. The Morgan fingerprint density at radius 1 is 0.640 bits per heavy atom. The van der Waals surface area contributed by atoms with E-state index >= 15 is 0 Å². The molecule has 280 valence electrons. The lowest BCUT2D eigenvalue weighted by molar-refractivity contribution is -0.394. The molecule has 2 rings (SSSR count). The quantitative estimate of drug-likeness (QED) is 0.0363. The standard InChI is InChI=1S/C38H60N3O8P/c1-3-5-7-9-11-13-15-17-19-24-28-48-50(47,49-29-25-20-18-16-14-12-10-8-6-4-2)38(33-26-22-21-23-27-33)39-37(42)34-30-35(40(43)44)32-36(31-34)41(45)46/h21-23,26-27,30-32,38H,3-20,24-25,28-29H2,1-2H3,(H,39,42). The van der Waals surface area contributed by atoms with Crippen molar-refractivity contribution in [3.8, 4) is 0 Å². The van der Waals surface area contributed by atoms with Crippen LogP contribution < -0.4 is 5.32 Å². The highest BCUT2D eigenvalue weighted by Gasteiger charge is 2.39. The zero-order valence-electron chi connectivity index (χ0n) is 30.4. The largest absolute Gasteiger partial charge is 0.357 e. The van der Waals surface area contributed by atoms with Crippen molar-refractivity contribution >= 4 is 24.9 Å². The van der Waals surface area contributed by atoms with Crippen LogP contribution in [0.5, 0.6) is 0 Å². The molecular formula is C38H60N3O8P. The maximum atomic E-state index is 14.7. The highest BCUT2D eigenvalue weighted by atomic mass is 31.2. The summed E-state index contributed by atoms with van der Waals surface area (Å²) < 4.78 is 26.8. The number of carbonyl (C=O) groups is 1. The van der Waals surface area contributed by atoms with Gasteiger partial charge in [-0.05, 0) is 18.4 Å². The summed E-state index contributed by atoms with van der Waals surface area (Å²) in [6.45, 7) is 4.78. The fourth-order valence-corrected chi connectivity index (χ4v) is 7.83. The second kappa shape index (κ2) is 25.8. The summed E-state index contributed by atoms with van der Waals surface area (Å²) in [5, 5.41) is 25.7. The van der Waals surface area contributed by atoms with Crippen LogP contribution in [0.4, 0.5) is 11.4 Å². The lowest BCUT2D eigenvalue weighted by atomic mass is 10.1. The van der Waals surface area contributed by atoms with Gasteiger partial charge >= 0.3 is 7.60 Å². The first-order valence-electron chi connectivity index (χ1n) is 18.9. The van der Waals surface area contributed by atoms with E-state index in [4.69, 9.17) is 9.05 Å². The van der Waals surface area contributed by atoms with E-state index in [0.717, 1.165) is 56.7 Å². The molecule has 0 saturated heterocycles. The molecule has 0 aromatic heterocycles. The molecule has 0 heterocycles. The van der Waals surface area contributed by atoms with Crippen molar-refractivity contribution in [2.75, 3.05) is 13.2 Å². The first kappa shape index (κ1) is 43.0. The Kier molecular flexibility index (Phi) is 22.2. The van der Waals surface area contributed by atoms with Gasteiger partial charge in [-0.15, -0.1) is 0 Å². The number of hydrogen-bond acceptors (Lipinski definition) is 8. The van der Waals surface area contributed by atoms with Crippen LogP contribution in [0.1, 0.15) is 164 Å². The van der Waals surface area contributed by atoms with Gasteiger partial charge in [-0.1, -0.05) is 160 Å². The number of rotatable bonds is 30. The second-order valence-corrected chi connectivity index (χ2v) is 15.2.